The lowest BCUT2D eigenvalue weighted by Crippen LogP contribution is -2.32. The molecule has 0 unspecified atom stereocenters. The highest BCUT2D eigenvalue weighted by Gasteiger charge is 2.22. The van der Waals surface area contributed by atoms with Crippen LogP contribution in [0, 0.1) is 0 Å². The molecule has 1 aromatic heterocycles. The van der Waals surface area contributed by atoms with Crippen LogP contribution in [0.4, 0.5) is 4.79 Å². The van der Waals surface area contributed by atoms with E-state index in [4.69, 9.17) is 4.74 Å². The molecule has 2 aromatic carbocycles. The summed E-state index contributed by atoms with van der Waals surface area (Å²) < 4.78 is 35.7. The normalized spacial score (nSPS) is 11.6. The van der Waals surface area contributed by atoms with Crippen molar-refractivity contribution in [3.05, 3.63) is 65.0 Å². The van der Waals surface area contributed by atoms with Crippen LogP contribution in [0.5, 0.6) is 0 Å². The van der Waals surface area contributed by atoms with Crippen LogP contribution >= 0.6 is 11.3 Å². The van der Waals surface area contributed by atoms with Gasteiger partial charge in [-0.15, -0.1) is 11.3 Å². The number of carbonyl (C=O) groups is 2. The minimum atomic E-state index is -3.76. The number of sulfone groups is 1. The van der Waals surface area contributed by atoms with Crippen LogP contribution in [0.2, 0.25) is 0 Å². The Morgan fingerprint density at radius 2 is 1.61 bits per heavy atom. The molecule has 0 aliphatic carbocycles. The van der Waals surface area contributed by atoms with Gasteiger partial charge in [-0.05, 0) is 64.8 Å². The van der Waals surface area contributed by atoms with Gasteiger partial charge in [0.2, 0.25) is 9.84 Å². The number of ether oxygens (including phenoxy) is 2. The number of rotatable bonds is 6. The number of thiazole rings is 1. The monoisotopic (exact) mass is 532 g/mol. The SMILES string of the molecule is CC(C)(C)OC(=O)NCc1nc(S(=O)(=O)c2cccc(-c3ccccc3)c2)cs1.CC(C)(C)OC=O. The summed E-state index contributed by atoms with van der Waals surface area (Å²) in [6.07, 6.45) is -0.576. The summed E-state index contributed by atoms with van der Waals surface area (Å²) in [4.78, 5) is 25.7. The van der Waals surface area contributed by atoms with Crippen molar-refractivity contribution >= 4 is 33.7 Å². The maximum atomic E-state index is 13.0. The van der Waals surface area contributed by atoms with Crippen LogP contribution in [0.15, 0.2) is 69.9 Å². The second kappa shape index (κ2) is 12.1. The molecule has 194 valence electrons. The van der Waals surface area contributed by atoms with E-state index in [2.05, 4.69) is 15.0 Å². The molecule has 1 amide bonds. The Bertz CT molecular complexity index is 1260. The quantitative estimate of drug-likeness (QED) is 0.410. The van der Waals surface area contributed by atoms with Crippen LogP contribution in [-0.2, 0) is 30.7 Å². The van der Waals surface area contributed by atoms with Gasteiger partial charge in [0.05, 0.1) is 11.4 Å². The largest absolute Gasteiger partial charge is 0.462 e. The average molecular weight is 533 g/mol. The summed E-state index contributed by atoms with van der Waals surface area (Å²) in [5.41, 5.74) is 0.825. The lowest BCUT2D eigenvalue weighted by molar-refractivity contribution is -0.138. The van der Waals surface area contributed by atoms with Gasteiger partial charge in [-0.3, -0.25) is 4.79 Å². The molecule has 8 nitrogen and oxygen atoms in total. The highest BCUT2D eigenvalue weighted by molar-refractivity contribution is 7.91. The van der Waals surface area contributed by atoms with Gasteiger partial charge in [-0.2, -0.15) is 0 Å². The summed E-state index contributed by atoms with van der Waals surface area (Å²) >= 11 is 1.17. The van der Waals surface area contributed by atoms with Crippen molar-refractivity contribution in [2.45, 2.75) is 69.2 Å². The molecule has 0 aliphatic rings. The van der Waals surface area contributed by atoms with Crippen LogP contribution in [0.1, 0.15) is 46.6 Å². The zero-order chi connectivity index (χ0) is 27.0. The fraction of sp³-hybridized carbons (Fsp3) is 0.346. The highest BCUT2D eigenvalue weighted by Crippen LogP contribution is 2.27. The Morgan fingerprint density at radius 1 is 0.972 bits per heavy atom. The number of hydrogen-bond acceptors (Lipinski definition) is 8. The molecule has 3 aromatic rings. The maximum absolute atomic E-state index is 13.0. The number of nitrogens with one attached hydrogen (secondary N) is 1. The van der Waals surface area contributed by atoms with Crippen LogP contribution in [0.25, 0.3) is 11.1 Å². The molecule has 36 heavy (non-hydrogen) atoms. The van der Waals surface area contributed by atoms with E-state index < -0.39 is 21.5 Å². The Morgan fingerprint density at radius 3 is 2.17 bits per heavy atom. The highest BCUT2D eigenvalue weighted by atomic mass is 32.2. The summed E-state index contributed by atoms with van der Waals surface area (Å²) in [6, 6.07) is 16.3. The molecule has 0 atom stereocenters. The van der Waals surface area contributed by atoms with E-state index in [0.29, 0.717) is 11.5 Å². The Balaban J connectivity index is 0.000000572. The second-order valence-corrected chi connectivity index (χ2v) is 12.5. The van der Waals surface area contributed by atoms with Gasteiger partial charge in [-0.25, -0.2) is 18.2 Å². The molecule has 10 heteroatoms. The Hall–Kier alpha value is -3.24. The number of alkyl carbamates (subject to hydrolysis) is 1. The second-order valence-electron chi connectivity index (χ2n) is 9.66. The minimum absolute atomic E-state index is 0.0336. The number of amides is 1. The smallest absolute Gasteiger partial charge is 0.408 e. The fourth-order valence-corrected chi connectivity index (χ4v) is 5.02. The van der Waals surface area contributed by atoms with Crippen molar-refractivity contribution in [2.24, 2.45) is 0 Å². The number of benzene rings is 2. The van der Waals surface area contributed by atoms with Crippen molar-refractivity contribution in [2.75, 3.05) is 0 Å². The summed E-state index contributed by atoms with van der Waals surface area (Å²) in [5.74, 6) is 0. The molecule has 0 saturated carbocycles. The number of carbonyl (C=O) groups excluding carboxylic acids is 2. The van der Waals surface area contributed by atoms with Crippen molar-refractivity contribution in [1.29, 1.82) is 0 Å². The number of hydrogen-bond donors (Lipinski definition) is 1. The molecule has 0 aliphatic heterocycles. The first kappa shape index (κ1) is 29.0. The third-order valence-electron chi connectivity index (χ3n) is 4.24. The van der Waals surface area contributed by atoms with E-state index in [1.54, 1.807) is 39.0 Å². The van der Waals surface area contributed by atoms with Crippen molar-refractivity contribution in [1.82, 2.24) is 10.3 Å². The van der Waals surface area contributed by atoms with E-state index in [-0.39, 0.29) is 22.1 Å². The molecule has 0 radical (unpaired) electrons. The fourth-order valence-electron chi connectivity index (χ4n) is 2.70. The van der Waals surface area contributed by atoms with E-state index in [1.165, 1.54) is 16.7 Å². The van der Waals surface area contributed by atoms with Gasteiger partial charge in [0.15, 0.2) is 5.03 Å². The number of nitrogens with zero attached hydrogens (tertiary/aromatic N) is 1. The Labute approximate surface area is 216 Å². The van der Waals surface area contributed by atoms with Gasteiger partial charge in [0.1, 0.15) is 16.2 Å². The predicted octanol–water partition coefficient (Wildman–Crippen LogP) is 5.63. The third kappa shape index (κ3) is 9.43. The molecule has 0 spiro atoms. The van der Waals surface area contributed by atoms with Crippen LogP contribution in [-0.4, -0.2) is 37.2 Å². The minimum Gasteiger partial charge on any atom is -0.462 e. The van der Waals surface area contributed by atoms with Gasteiger partial charge in [0, 0.05) is 5.38 Å². The molecule has 0 bridgehead atoms. The van der Waals surface area contributed by atoms with E-state index in [0.717, 1.165) is 11.1 Å². The zero-order valence-electron chi connectivity index (χ0n) is 21.3. The summed E-state index contributed by atoms with van der Waals surface area (Å²) in [5, 5.41) is 4.51. The van der Waals surface area contributed by atoms with E-state index in [1.807, 2.05) is 57.2 Å². The van der Waals surface area contributed by atoms with Gasteiger partial charge < -0.3 is 14.8 Å². The van der Waals surface area contributed by atoms with E-state index >= 15 is 0 Å². The van der Waals surface area contributed by atoms with Crippen molar-refractivity contribution in [3.63, 3.8) is 0 Å². The average Bonchev–Trinajstić information content (AvgIpc) is 3.27. The van der Waals surface area contributed by atoms with Gasteiger partial charge in [-0.1, -0.05) is 42.5 Å². The molecular weight excluding hydrogens is 500 g/mol. The molecule has 1 N–H and O–H groups in total. The molecular formula is C26H32N2O6S2. The lowest BCUT2D eigenvalue weighted by atomic mass is 10.1. The van der Waals surface area contributed by atoms with Crippen molar-refractivity contribution < 1.29 is 27.5 Å². The standard InChI is InChI=1S/C21H22N2O4S2.C5H10O2/c1-21(2,3)27-20(24)22-13-18-23-19(14-28-18)29(25,26)17-11-7-10-16(12-17)15-8-5-4-6-9-15;1-5(2,3)7-4-6/h4-12,14H,13H2,1-3H3,(H,22,24);4H,1-3H3. The molecule has 1 heterocycles. The van der Waals surface area contributed by atoms with Gasteiger partial charge in [0.25, 0.3) is 6.47 Å². The van der Waals surface area contributed by atoms with Gasteiger partial charge >= 0.3 is 6.09 Å². The third-order valence-corrected chi connectivity index (χ3v) is 6.87. The Kier molecular flexibility index (Phi) is 9.77. The van der Waals surface area contributed by atoms with Crippen LogP contribution < -0.4 is 5.32 Å². The lowest BCUT2D eigenvalue weighted by Gasteiger charge is -2.19. The van der Waals surface area contributed by atoms with Crippen molar-refractivity contribution in [3.8, 4) is 11.1 Å². The first-order valence-corrected chi connectivity index (χ1v) is 13.5. The first-order valence-electron chi connectivity index (χ1n) is 11.1. The topological polar surface area (TPSA) is 112 Å². The molecule has 3 rings (SSSR count). The number of aromatic nitrogens is 1. The van der Waals surface area contributed by atoms with E-state index in [9.17, 15) is 18.0 Å². The summed E-state index contributed by atoms with van der Waals surface area (Å²) in [7, 11) is -3.76. The predicted molar refractivity (Wildman–Crippen MR) is 139 cm³/mol. The molecule has 0 fully saturated rings. The van der Waals surface area contributed by atoms with Crippen LogP contribution in [0.3, 0.4) is 0 Å². The first-order chi connectivity index (χ1) is 16.7. The summed E-state index contributed by atoms with van der Waals surface area (Å²) in [6.45, 7) is 11.3. The zero-order valence-corrected chi connectivity index (χ0v) is 22.9. The maximum Gasteiger partial charge on any atom is 0.408 e. The molecule has 0 saturated heterocycles.